The first-order valence-corrected chi connectivity index (χ1v) is 11.0. The first-order chi connectivity index (χ1) is 12.8. The number of fused-ring (bicyclic) bond motifs is 1. The van der Waals surface area contributed by atoms with E-state index in [1.54, 1.807) is 19.1 Å². The van der Waals surface area contributed by atoms with Crippen LogP contribution in [-0.4, -0.2) is 27.4 Å². The van der Waals surface area contributed by atoms with E-state index < -0.39 is 10.0 Å². The van der Waals surface area contributed by atoms with Crippen LogP contribution in [0.5, 0.6) is 0 Å². The first kappa shape index (κ1) is 19.8. The summed E-state index contributed by atoms with van der Waals surface area (Å²) in [6, 6.07) is 12.8. The quantitative estimate of drug-likeness (QED) is 0.592. The summed E-state index contributed by atoms with van der Waals surface area (Å²) in [4.78, 5) is 13.0. The van der Waals surface area contributed by atoms with E-state index in [-0.39, 0.29) is 23.9 Å². The predicted molar refractivity (Wildman–Crippen MR) is 110 cm³/mol. The number of nitrogens with one attached hydrogen (secondary N) is 2. The van der Waals surface area contributed by atoms with Crippen molar-refractivity contribution < 1.29 is 13.2 Å². The summed E-state index contributed by atoms with van der Waals surface area (Å²) in [5, 5.41) is 3.97. The maximum atomic E-state index is 12.4. The Morgan fingerprint density at radius 3 is 2.59 bits per heavy atom. The largest absolute Gasteiger partial charge is 0.350 e. The Balaban J connectivity index is 1.61. The van der Waals surface area contributed by atoms with E-state index in [1.165, 1.54) is 11.3 Å². The number of benzene rings is 2. The molecule has 2 N–H and O–H groups in total. The van der Waals surface area contributed by atoms with Crippen molar-refractivity contribution in [1.29, 1.82) is 0 Å². The van der Waals surface area contributed by atoms with Gasteiger partial charge in [0, 0.05) is 23.2 Å². The van der Waals surface area contributed by atoms with E-state index in [0.29, 0.717) is 15.5 Å². The Morgan fingerprint density at radius 2 is 1.85 bits per heavy atom. The van der Waals surface area contributed by atoms with Gasteiger partial charge < -0.3 is 5.32 Å². The molecule has 2 aromatic carbocycles. The van der Waals surface area contributed by atoms with Gasteiger partial charge in [-0.3, -0.25) is 4.79 Å². The second-order valence-corrected chi connectivity index (χ2v) is 9.33. The molecule has 0 fully saturated rings. The van der Waals surface area contributed by atoms with E-state index >= 15 is 0 Å². The highest BCUT2D eigenvalue weighted by atomic mass is 35.5. The minimum Gasteiger partial charge on any atom is -0.350 e. The molecular formula is C19H19ClN2O3S2. The third-order valence-electron chi connectivity index (χ3n) is 4.08. The molecule has 0 atom stereocenters. The molecule has 3 aromatic rings. The number of amides is 1. The van der Waals surface area contributed by atoms with Crippen LogP contribution < -0.4 is 10.0 Å². The van der Waals surface area contributed by atoms with Crippen molar-refractivity contribution in [1.82, 2.24) is 10.0 Å². The molecule has 0 saturated carbocycles. The highest BCUT2D eigenvalue weighted by Crippen LogP contribution is 2.34. The zero-order valence-electron chi connectivity index (χ0n) is 14.9. The van der Waals surface area contributed by atoms with Crippen molar-refractivity contribution in [3.05, 3.63) is 63.5 Å². The smallest absolute Gasteiger partial charge is 0.262 e. The first-order valence-electron chi connectivity index (χ1n) is 8.32. The van der Waals surface area contributed by atoms with E-state index in [4.69, 9.17) is 11.6 Å². The lowest BCUT2D eigenvalue weighted by molar-refractivity contribution is 0.0958. The van der Waals surface area contributed by atoms with Gasteiger partial charge in [-0.05, 0) is 37.1 Å². The second kappa shape index (κ2) is 7.98. The molecule has 1 amide bonds. The molecule has 142 valence electrons. The molecule has 0 aliphatic rings. The topological polar surface area (TPSA) is 75.3 Å². The van der Waals surface area contributed by atoms with Crippen molar-refractivity contribution in [2.24, 2.45) is 0 Å². The van der Waals surface area contributed by atoms with Gasteiger partial charge in [-0.1, -0.05) is 41.9 Å². The van der Waals surface area contributed by atoms with Crippen molar-refractivity contribution >= 4 is 49.0 Å². The van der Waals surface area contributed by atoms with Crippen LogP contribution in [0.4, 0.5) is 0 Å². The highest BCUT2D eigenvalue weighted by Gasteiger charge is 2.18. The Hall–Kier alpha value is -1.93. The highest BCUT2D eigenvalue weighted by molar-refractivity contribution is 7.89. The Labute approximate surface area is 167 Å². The van der Waals surface area contributed by atoms with Gasteiger partial charge in [-0.25, -0.2) is 13.1 Å². The number of hydrogen-bond acceptors (Lipinski definition) is 4. The Morgan fingerprint density at radius 1 is 1.11 bits per heavy atom. The van der Waals surface area contributed by atoms with Gasteiger partial charge in [0.1, 0.15) is 4.88 Å². The standard InChI is InChI=1S/C19H19ClN2O3S2/c1-12-7-8-13(2)16(11-12)27(24,25)22-10-9-21-19(23)18-17(20)14-5-3-4-6-15(14)26-18/h3-8,11,22H,9-10H2,1-2H3,(H,21,23). The van der Waals surface area contributed by atoms with Crippen molar-refractivity contribution in [3.8, 4) is 0 Å². The average Bonchev–Trinajstić information content (AvgIpc) is 2.98. The van der Waals surface area contributed by atoms with Crippen LogP contribution in [0.3, 0.4) is 0 Å². The summed E-state index contributed by atoms with van der Waals surface area (Å²) in [6.45, 7) is 3.84. The molecule has 5 nitrogen and oxygen atoms in total. The van der Waals surface area contributed by atoms with E-state index in [9.17, 15) is 13.2 Å². The number of carbonyl (C=O) groups excluding carboxylic acids is 1. The molecule has 1 heterocycles. The lowest BCUT2D eigenvalue weighted by Gasteiger charge is -2.10. The number of aryl methyl sites for hydroxylation is 2. The van der Waals surface area contributed by atoms with E-state index in [0.717, 1.165) is 15.6 Å². The lowest BCUT2D eigenvalue weighted by atomic mass is 10.2. The molecule has 0 aliphatic carbocycles. The number of halogens is 1. The molecule has 0 spiro atoms. The normalized spacial score (nSPS) is 11.7. The molecular weight excluding hydrogens is 404 g/mol. The van der Waals surface area contributed by atoms with Crippen LogP contribution in [0.15, 0.2) is 47.4 Å². The SMILES string of the molecule is Cc1ccc(C)c(S(=O)(=O)NCCNC(=O)c2sc3ccccc3c2Cl)c1. The second-order valence-electron chi connectivity index (χ2n) is 6.16. The van der Waals surface area contributed by atoms with Crippen molar-refractivity contribution in [2.45, 2.75) is 18.7 Å². The molecule has 0 bridgehead atoms. The molecule has 0 radical (unpaired) electrons. The van der Waals surface area contributed by atoms with Crippen molar-refractivity contribution in [3.63, 3.8) is 0 Å². The summed E-state index contributed by atoms with van der Waals surface area (Å²) in [5.41, 5.74) is 1.54. The third-order valence-corrected chi connectivity index (χ3v) is 7.35. The Kier molecular flexibility index (Phi) is 5.86. The molecule has 0 unspecified atom stereocenters. The van der Waals surface area contributed by atoms with Crippen LogP contribution in [-0.2, 0) is 10.0 Å². The van der Waals surface area contributed by atoms with Crippen molar-refractivity contribution in [2.75, 3.05) is 13.1 Å². The minimum absolute atomic E-state index is 0.0873. The number of carbonyl (C=O) groups is 1. The van der Waals surface area contributed by atoms with Gasteiger partial charge in [0.2, 0.25) is 10.0 Å². The number of hydrogen-bond donors (Lipinski definition) is 2. The predicted octanol–water partition coefficient (Wildman–Crippen LogP) is 3.88. The van der Waals surface area contributed by atoms with Crippen LogP contribution in [0, 0.1) is 13.8 Å². The average molecular weight is 423 g/mol. The van der Waals surface area contributed by atoms with Gasteiger partial charge in [-0.15, -0.1) is 11.3 Å². The van der Waals surface area contributed by atoms with Gasteiger partial charge in [0.05, 0.1) is 9.92 Å². The van der Waals surface area contributed by atoms with Gasteiger partial charge >= 0.3 is 0 Å². The van der Waals surface area contributed by atoms with Crippen LogP contribution >= 0.6 is 22.9 Å². The lowest BCUT2D eigenvalue weighted by Crippen LogP contribution is -2.34. The summed E-state index contributed by atoms with van der Waals surface area (Å²) in [7, 11) is -3.63. The molecule has 0 saturated heterocycles. The monoisotopic (exact) mass is 422 g/mol. The van der Waals surface area contributed by atoms with E-state index in [2.05, 4.69) is 10.0 Å². The molecule has 27 heavy (non-hydrogen) atoms. The third kappa shape index (κ3) is 4.32. The maximum absolute atomic E-state index is 12.4. The molecule has 8 heteroatoms. The Bertz CT molecular complexity index is 1110. The zero-order chi connectivity index (χ0) is 19.6. The summed E-state index contributed by atoms with van der Waals surface area (Å²) in [6.07, 6.45) is 0. The van der Waals surface area contributed by atoms with Crippen LogP contribution in [0.25, 0.3) is 10.1 Å². The molecule has 1 aromatic heterocycles. The fraction of sp³-hybridized carbons (Fsp3) is 0.211. The van der Waals surface area contributed by atoms with Crippen LogP contribution in [0.2, 0.25) is 5.02 Å². The fourth-order valence-electron chi connectivity index (χ4n) is 2.68. The number of sulfonamides is 1. The molecule has 3 rings (SSSR count). The molecule has 0 aliphatic heterocycles. The number of thiophene rings is 1. The summed E-state index contributed by atoms with van der Waals surface area (Å²) in [5.74, 6) is -0.313. The van der Waals surface area contributed by atoms with Gasteiger partial charge in [0.25, 0.3) is 5.91 Å². The van der Waals surface area contributed by atoms with E-state index in [1.807, 2.05) is 37.3 Å². The number of rotatable bonds is 6. The van der Waals surface area contributed by atoms with Gasteiger partial charge in [0.15, 0.2) is 0 Å². The maximum Gasteiger partial charge on any atom is 0.262 e. The summed E-state index contributed by atoms with van der Waals surface area (Å²) < 4.78 is 28.4. The summed E-state index contributed by atoms with van der Waals surface area (Å²) >= 11 is 7.60. The fourth-order valence-corrected chi connectivity index (χ4v) is 5.47. The van der Waals surface area contributed by atoms with Crippen LogP contribution in [0.1, 0.15) is 20.8 Å². The zero-order valence-corrected chi connectivity index (χ0v) is 17.3. The minimum atomic E-state index is -3.63. The van der Waals surface area contributed by atoms with Gasteiger partial charge in [-0.2, -0.15) is 0 Å².